The zero-order valence-electron chi connectivity index (χ0n) is 11.1. The fraction of sp³-hybridized carbons (Fsp3) is 0.500. The van der Waals surface area contributed by atoms with Crippen molar-refractivity contribution in [3.05, 3.63) is 23.8 Å². The third-order valence-electron chi connectivity index (χ3n) is 3.32. The average molecular weight is 248 g/mol. The molecule has 1 aliphatic rings. The lowest BCUT2D eigenvalue weighted by atomic mass is 10.0. The third kappa shape index (κ3) is 2.20. The summed E-state index contributed by atoms with van der Waals surface area (Å²) in [6, 6.07) is 6.01. The van der Waals surface area contributed by atoms with Crippen LogP contribution in [0.5, 0.6) is 5.75 Å². The first-order valence-corrected chi connectivity index (χ1v) is 6.32. The molecule has 1 aromatic carbocycles. The van der Waals surface area contributed by atoms with Gasteiger partial charge in [0.15, 0.2) is 6.10 Å². The standard InChI is InChI=1S/C14H20N2O2/c1-9(2)10-4-5-12-11(8-10)16(3)14(17)13(18-12)6-7-15/h4-5,8-9,13H,6-7,15H2,1-3H3. The number of carbonyl (C=O) groups excluding carboxylic acids is 1. The molecule has 0 spiro atoms. The number of rotatable bonds is 3. The smallest absolute Gasteiger partial charge is 0.267 e. The minimum Gasteiger partial charge on any atom is -0.478 e. The number of amides is 1. The molecule has 0 aromatic heterocycles. The molecule has 1 aromatic rings. The number of nitrogens with zero attached hydrogens (tertiary/aromatic N) is 1. The minimum atomic E-state index is -0.447. The Labute approximate surface area is 108 Å². The Bertz CT molecular complexity index is 457. The Morgan fingerprint density at radius 3 is 2.78 bits per heavy atom. The van der Waals surface area contributed by atoms with Crippen LogP contribution in [0.3, 0.4) is 0 Å². The lowest BCUT2D eigenvalue weighted by Gasteiger charge is -2.32. The molecule has 98 valence electrons. The maximum atomic E-state index is 12.1. The van der Waals surface area contributed by atoms with Gasteiger partial charge in [0.1, 0.15) is 5.75 Å². The number of hydrogen-bond donors (Lipinski definition) is 1. The van der Waals surface area contributed by atoms with E-state index in [-0.39, 0.29) is 5.91 Å². The first-order chi connectivity index (χ1) is 8.54. The molecule has 0 fully saturated rings. The van der Waals surface area contributed by atoms with Gasteiger partial charge in [-0.3, -0.25) is 4.79 Å². The van der Waals surface area contributed by atoms with Gasteiger partial charge in [0.2, 0.25) is 0 Å². The Morgan fingerprint density at radius 1 is 1.44 bits per heavy atom. The number of fused-ring (bicyclic) bond motifs is 1. The van der Waals surface area contributed by atoms with Crippen molar-refractivity contribution >= 4 is 11.6 Å². The van der Waals surface area contributed by atoms with Crippen molar-refractivity contribution in [2.75, 3.05) is 18.5 Å². The highest BCUT2D eigenvalue weighted by molar-refractivity contribution is 5.99. The second kappa shape index (κ2) is 4.98. The van der Waals surface area contributed by atoms with E-state index in [2.05, 4.69) is 13.8 Å². The van der Waals surface area contributed by atoms with Crippen LogP contribution < -0.4 is 15.4 Å². The van der Waals surface area contributed by atoms with Crippen molar-refractivity contribution in [1.29, 1.82) is 0 Å². The van der Waals surface area contributed by atoms with Gasteiger partial charge in [-0.15, -0.1) is 0 Å². The molecule has 1 unspecified atom stereocenters. The van der Waals surface area contributed by atoms with Gasteiger partial charge in [-0.25, -0.2) is 0 Å². The first-order valence-electron chi connectivity index (χ1n) is 6.32. The molecular formula is C14H20N2O2. The van der Waals surface area contributed by atoms with Crippen LogP contribution in [0.15, 0.2) is 18.2 Å². The molecule has 2 rings (SSSR count). The van der Waals surface area contributed by atoms with E-state index in [4.69, 9.17) is 10.5 Å². The van der Waals surface area contributed by atoms with E-state index < -0.39 is 6.10 Å². The molecule has 1 heterocycles. The molecule has 4 heteroatoms. The summed E-state index contributed by atoms with van der Waals surface area (Å²) in [5.74, 6) is 1.18. The van der Waals surface area contributed by atoms with Crippen LogP contribution in [0.1, 0.15) is 31.7 Å². The zero-order valence-corrected chi connectivity index (χ0v) is 11.1. The Hall–Kier alpha value is -1.55. The highest BCUT2D eigenvalue weighted by Crippen LogP contribution is 2.36. The third-order valence-corrected chi connectivity index (χ3v) is 3.32. The van der Waals surface area contributed by atoms with Crippen molar-refractivity contribution in [1.82, 2.24) is 0 Å². The molecule has 1 amide bonds. The van der Waals surface area contributed by atoms with Crippen LogP contribution in [-0.2, 0) is 4.79 Å². The van der Waals surface area contributed by atoms with Crippen molar-refractivity contribution in [2.45, 2.75) is 32.3 Å². The van der Waals surface area contributed by atoms with Gasteiger partial charge in [0.25, 0.3) is 5.91 Å². The molecule has 0 radical (unpaired) electrons. The quantitative estimate of drug-likeness (QED) is 0.888. The van der Waals surface area contributed by atoms with E-state index in [1.54, 1.807) is 11.9 Å². The van der Waals surface area contributed by atoms with Gasteiger partial charge >= 0.3 is 0 Å². The molecule has 1 aliphatic heterocycles. The van der Waals surface area contributed by atoms with Crippen molar-refractivity contribution < 1.29 is 9.53 Å². The van der Waals surface area contributed by atoms with E-state index in [0.29, 0.717) is 18.9 Å². The molecular weight excluding hydrogens is 228 g/mol. The van der Waals surface area contributed by atoms with Gasteiger partial charge in [0, 0.05) is 13.5 Å². The number of hydrogen-bond acceptors (Lipinski definition) is 3. The Balaban J connectivity index is 2.36. The Morgan fingerprint density at radius 2 is 2.17 bits per heavy atom. The van der Waals surface area contributed by atoms with Crippen molar-refractivity contribution in [2.24, 2.45) is 5.73 Å². The van der Waals surface area contributed by atoms with Gasteiger partial charge in [-0.2, -0.15) is 0 Å². The van der Waals surface area contributed by atoms with Gasteiger partial charge < -0.3 is 15.4 Å². The molecule has 1 atom stereocenters. The maximum absolute atomic E-state index is 12.1. The zero-order chi connectivity index (χ0) is 13.3. The topological polar surface area (TPSA) is 55.6 Å². The fourth-order valence-electron chi connectivity index (χ4n) is 2.13. The number of ether oxygens (including phenoxy) is 1. The highest BCUT2D eigenvalue weighted by Gasteiger charge is 2.31. The summed E-state index contributed by atoms with van der Waals surface area (Å²) in [4.78, 5) is 13.8. The molecule has 0 saturated carbocycles. The van der Waals surface area contributed by atoms with E-state index in [1.165, 1.54) is 5.56 Å². The van der Waals surface area contributed by atoms with Crippen LogP contribution in [0.2, 0.25) is 0 Å². The fourth-order valence-corrected chi connectivity index (χ4v) is 2.13. The largest absolute Gasteiger partial charge is 0.478 e. The number of anilines is 1. The average Bonchev–Trinajstić information content (AvgIpc) is 2.35. The summed E-state index contributed by atoms with van der Waals surface area (Å²) in [5.41, 5.74) is 7.55. The van der Waals surface area contributed by atoms with Crippen LogP contribution in [0, 0.1) is 0 Å². The van der Waals surface area contributed by atoms with Gasteiger partial charge in [0.05, 0.1) is 5.69 Å². The molecule has 4 nitrogen and oxygen atoms in total. The maximum Gasteiger partial charge on any atom is 0.267 e. The predicted octanol–water partition coefficient (Wildman–Crippen LogP) is 1.88. The monoisotopic (exact) mass is 248 g/mol. The van der Waals surface area contributed by atoms with Gasteiger partial charge in [-0.05, 0) is 30.2 Å². The predicted molar refractivity (Wildman–Crippen MR) is 72.0 cm³/mol. The van der Waals surface area contributed by atoms with Crippen LogP contribution in [0.4, 0.5) is 5.69 Å². The molecule has 2 N–H and O–H groups in total. The minimum absolute atomic E-state index is 0.0196. The lowest BCUT2D eigenvalue weighted by molar-refractivity contribution is -0.126. The van der Waals surface area contributed by atoms with Crippen LogP contribution >= 0.6 is 0 Å². The number of likely N-dealkylation sites (N-methyl/N-ethyl adjacent to an activating group) is 1. The lowest BCUT2D eigenvalue weighted by Crippen LogP contribution is -2.44. The first kappa shape index (κ1) is 12.9. The van der Waals surface area contributed by atoms with Crippen LogP contribution in [0.25, 0.3) is 0 Å². The summed E-state index contributed by atoms with van der Waals surface area (Å²) >= 11 is 0. The summed E-state index contributed by atoms with van der Waals surface area (Å²) in [6.45, 7) is 4.71. The van der Waals surface area contributed by atoms with Crippen molar-refractivity contribution in [3.8, 4) is 5.75 Å². The van der Waals surface area contributed by atoms with E-state index in [9.17, 15) is 4.79 Å². The van der Waals surface area contributed by atoms with E-state index in [0.717, 1.165) is 11.4 Å². The number of benzene rings is 1. The van der Waals surface area contributed by atoms with E-state index in [1.807, 2.05) is 18.2 Å². The second-order valence-corrected chi connectivity index (χ2v) is 4.96. The summed E-state index contributed by atoms with van der Waals surface area (Å²) in [5, 5.41) is 0. The molecule has 0 saturated heterocycles. The normalized spacial score (nSPS) is 18.8. The SMILES string of the molecule is CC(C)c1ccc2c(c1)N(C)C(=O)C(CCN)O2. The van der Waals surface area contributed by atoms with Crippen LogP contribution in [-0.4, -0.2) is 25.6 Å². The molecule has 18 heavy (non-hydrogen) atoms. The molecule has 0 bridgehead atoms. The summed E-state index contributed by atoms with van der Waals surface area (Å²) in [7, 11) is 1.79. The number of nitrogens with two attached hydrogens (primary N) is 1. The van der Waals surface area contributed by atoms with Crippen molar-refractivity contribution in [3.63, 3.8) is 0 Å². The highest BCUT2D eigenvalue weighted by atomic mass is 16.5. The second-order valence-electron chi connectivity index (χ2n) is 4.96. The van der Waals surface area contributed by atoms with Gasteiger partial charge in [-0.1, -0.05) is 19.9 Å². The van der Waals surface area contributed by atoms with E-state index >= 15 is 0 Å². The summed E-state index contributed by atoms with van der Waals surface area (Å²) < 4.78 is 5.72. The number of carbonyl (C=O) groups is 1. The molecule has 0 aliphatic carbocycles. The summed E-state index contributed by atoms with van der Waals surface area (Å²) in [6.07, 6.45) is 0.103. The Kier molecular flexibility index (Phi) is 3.57.